The van der Waals surface area contributed by atoms with E-state index < -0.39 is 5.97 Å². The van der Waals surface area contributed by atoms with Gasteiger partial charge < -0.3 is 4.74 Å². The number of carbonyl (C=O) groups is 1. The van der Waals surface area contributed by atoms with Crippen molar-refractivity contribution in [1.82, 2.24) is 4.57 Å². The molecule has 0 aliphatic rings. The first-order valence-corrected chi connectivity index (χ1v) is 7.93. The molecule has 0 N–H and O–H groups in total. The molecule has 0 saturated carbocycles. The number of benzene rings is 2. The van der Waals surface area contributed by atoms with Gasteiger partial charge in [-0.2, -0.15) is 0 Å². The molecule has 0 aliphatic carbocycles. The molecular weight excluding hydrogens is 302 g/mol. The van der Waals surface area contributed by atoms with Gasteiger partial charge in [0.2, 0.25) is 0 Å². The van der Waals surface area contributed by atoms with Gasteiger partial charge in [0.15, 0.2) is 0 Å². The number of esters is 1. The fraction of sp³-hybridized carbons (Fsp3) is 0.200. The average Bonchev–Trinajstić information content (AvgIpc) is 2.56. The van der Waals surface area contributed by atoms with E-state index in [0.717, 1.165) is 11.3 Å². The molecule has 0 aliphatic heterocycles. The smallest absolute Gasteiger partial charge is 0.340 e. The Morgan fingerprint density at radius 1 is 1.04 bits per heavy atom. The van der Waals surface area contributed by atoms with Crippen LogP contribution < -0.4 is 5.56 Å². The summed E-state index contributed by atoms with van der Waals surface area (Å²) in [4.78, 5) is 25.7. The lowest BCUT2D eigenvalue weighted by Gasteiger charge is -2.17. The molecule has 1 aromatic heterocycles. The maximum absolute atomic E-state index is 13.1. The van der Waals surface area contributed by atoms with E-state index in [1.165, 1.54) is 0 Å². The number of ether oxygens (including phenoxy) is 1. The van der Waals surface area contributed by atoms with Crippen LogP contribution in [0, 0.1) is 13.8 Å². The van der Waals surface area contributed by atoms with Crippen LogP contribution >= 0.6 is 0 Å². The van der Waals surface area contributed by atoms with E-state index in [1.54, 1.807) is 24.5 Å². The third kappa shape index (κ3) is 2.50. The third-order valence-electron chi connectivity index (χ3n) is 4.15. The second kappa shape index (κ2) is 6.32. The zero-order valence-corrected chi connectivity index (χ0v) is 14.0. The quantitative estimate of drug-likeness (QED) is 0.690. The molecule has 24 heavy (non-hydrogen) atoms. The highest BCUT2D eigenvalue weighted by Gasteiger charge is 2.21. The van der Waals surface area contributed by atoms with Gasteiger partial charge in [0, 0.05) is 16.8 Å². The van der Waals surface area contributed by atoms with Crippen LogP contribution in [-0.2, 0) is 4.74 Å². The minimum Gasteiger partial charge on any atom is -0.462 e. The number of hydrogen-bond donors (Lipinski definition) is 0. The van der Waals surface area contributed by atoms with Gasteiger partial charge in [-0.3, -0.25) is 9.36 Å². The molecule has 0 spiro atoms. The van der Waals surface area contributed by atoms with Crippen LogP contribution in [0.2, 0.25) is 0 Å². The highest BCUT2D eigenvalue weighted by atomic mass is 16.5. The SMILES string of the molecule is CCOC(=O)c1c(C)n(-c2ccccc2)c(=O)c2c(C)cccc12. The molecule has 1 heterocycles. The van der Waals surface area contributed by atoms with Gasteiger partial charge in [-0.1, -0.05) is 36.4 Å². The second-order valence-corrected chi connectivity index (χ2v) is 5.65. The van der Waals surface area contributed by atoms with Crippen molar-refractivity contribution < 1.29 is 9.53 Å². The lowest BCUT2D eigenvalue weighted by Crippen LogP contribution is -2.25. The normalized spacial score (nSPS) is 10.8. The summed E-state index contributed by atoms with van der Waals surface area (Å²) in [6.07, 6.45) is 0. The first kappa shape index (κ1) is 16.0. The highest BCUT2D eigenvalue weighted by Crippen LogP contribution is 2.24. The number of aryl methyl sites for hydroxylation is 1. The average molecular weight is 321 g/mol. The lowest BCUT2D eigenvalue weighted by atomic mass is 10.00. The number of aromatic nitrogens is 1. The Balaban J connectivity index is 2.48. The molecule has 122 valence electrons. The van der Waals surface area contributed by atoms with Crippen molar-refractivity contribution in [2.24, 2.45) is 0 Å². The maximum atomic E-state index is 13.1. The van der Waals surface area contributed by atoms with Crippen LogP contribution in [0.25, 0.3) is 16.5 Å². The molecule has 4 heteroatoms. The molecule has 2 aromatic carbocycles. The molecule has 0 unspecified atom stereocenters. The van der Waals surface area contributed by atoms with Crippen LogP contribution in [0.3, 0.4) is 0 Å². The van der Waals surface area contributed by atoms with Crippen molar-refractivity contribution in [3.63, 3.8) is 0 Å². The van der Waals surface area contributed by atoms with Crippen molar-refractivity contribution >= 4 is 16.7 Å². The van der Waals surface area contributed by atoms with Crippen molar-refractivity contribution in [3.05, 3.63) is 75.7 Å². The summed E-state index contributed by atoms with van der Waals surface area (Å²) in [5.74, 6) is -0.407. The molecule has 3 aromatic rings. The van der Waals surface area contributed by atoms with E-state index >= 15 is 0 Å². The Hall–Kier alpha value is -2.88. The van der Waals surface area contributed by atoms with Crippen molar-refractivity contribution in [1.29, 1.82) is 0 Å². The van der Waals surface area contributed by atoms with E-state index in [9.17, 15) is 9.59 Å². The Bertz CT molecular complexity index is 972. The molecule has 0 saturated heterocycles. The zero-order chi connectivity index (χ0) is 17.3. The van der Waals surface area contributed by atoms with Crippen LogP contribution in [0.4, 0.5) is 0 Å². The van der Waals surface area contributed by atoms with Crippen LogP contribution in [-0.4, -0.2) is 17.1 Å². The Morgan fingerprint density at radius 3 is 2.42 bits per heavy atom. The first-order chi connectivity index (χ1) is 11.6. The molecular formula is C20H19NO3. The fourth-order valence-corrected chi connectivity index (χ4v) is 3.08. The fourth-order valence-electron chi connectivity index (χ4n) is 3.08. The van der Waals surface area contributed by atoms with Gasteiger partial charge in [-0.15, -0.1) is 0 Å². The third-order valence-corrected chi connectivity index (χ3v) is 4.15. The maximum Gasteiger partial charge on any atom is 0.340 e. The minimum atomic E-state index is -0.407. The number of hydrogen-bond acceptors (Lipinski definition) is 3. The minimum absolute atomic E-state index is 0.125. The first-order valence-electron chi connectivity index (χ1n) is 7.93. The van der Waals surface area contributed by atoms with Gasteiger partial charge in [-0.25, -0.2) is 4.79 Å². The molecule has 0 bridgehead atoms. The zero-order valence-electron chi connectivity index (χ0n) is 14.0. The predicted octanol–water partition coefficient (Wildman–Crippen LogP) is 3.78. The molecule has 0 atom stereocenters. The van der Waals surface area contributed by atoms with Crippen molar-refractivity contribution in [3.8, 4) is 5.69 Å². The molecule has 0 amide bonds. The molecule has 0 fully saturated rings. The predicted molar refractivity (Wildman–Crippen MR) is 95.0 cm³/mol. The van der Waals surface area contributed by atoms with E-state index in [1.807, 2.05) is 49.4 Å². The summed E-state index contributed by atoms with van der Waals surface area (Å²) in [5.41, 5.74) is 2.48. The Kier molecular flexibility index (Phi) is 4.21. The number of pyridine rings is 1. The second-order valence-electron chi connectivity index (χ2n) is 5.65. The largest absolute Gasteiger partial charge is 0.462 e. The van der Waals surface area contributed by atoms with E-state index in [-0.39, 0.29) is 12.2 Å². The summed E-state index contributed by atoms with van der Waals surface area (Å²) in [6.45, 7) is 5.72. The van der Waals surface area contributed by atoms with Gasteiger partial charge in [0.25, 0.3) is 5.56 Å². The van der Waals surface area contributed by atoms with Gasteiger partial charge >= 0.3 is 5.97 Å². The Morgan fingerprint density at radius 2 is 1.75 bits per heavy atom. The van der Waals surface area contributed by atoms with Crippen molar-refractivity contribution in [2.45, 2.75) is 20.8 Å². The standard InChI is InChI=1S/C20H19NO3/c1-4-24-20(23)18-14(3)21(15-10-6-5-7-11-15)19(22)17-13(2)9-8-12-16(17)18/h5-12H,4H2,1-3H3. The summed E-state index contributed by atoms with van der Waals surface area (Å²) in [6, 6.07) is 14.9. The van der Waals surface area contributed by atoms with E-state index in [2.05, 4.69) is 0 Å². The topological polar surface area (TPSA) is 48.3 Å². The monoisotopic (exact) mass is 321 g/mol. The Labute approximate surface area is 140 Å². The molecule has 3 rings (SSSR count). The number of fused-ring (bicyclic) bond motifs is 1. The van der Waals surface area contributed by atoms with Gasteiger partial charge in [-0.05, 0) is 38.5 Å². The van der Waals surface area contributed by atoms with Crippen molar-refractivity contribution in [2.75, 3.05) is 6.61 Å². The summed E-state index contributed by atoms with van der Waals surface area (Å²) >= 11 is 0. The van der Waals surface area contributed by atoms with Crippen LogP contribution in [0.5, 0.6) is 0 Å². The summed E-state index contributed by atoms with van der Waals surface area (Å²) < 4.78 is 6.82. The van der Waals surface area contributed by atoms with E-state index in [0.29, 0.717) is 22.0 Å². The number of carbonyl (C=O) groups excluding carboxylic acids is 1. The number of nitrogens with zero attached hydrogens (tertiary/aromatic N) is 1. The molecule has 0 radical (unpaired) electrons. The molecule has 4 nitrogen and oxygen atoms in total. The number of rotatable bonds is 3. The summed E-state index contributed by atoms with van der Waals surface area (Å²) in [5, 5.41) is 1.19. The van der Waals surface area contributed by atoms with Gasteiger partial charge in [0.1, 0.15) is 0 Å². The van der Waals surface area contributed by atoms with Crippen LogP contribution in [0.1, 0.15) is 28.5 Å². The van der Waals surface area contributed by atoms with Crippen LogP contribution in [0.15, 0.2) is 53.3 Å². The highest BCUT2D eigenvalue weighted by molar-refractivity contribution is 6.06. The summed E-state index contributed by atoms with van der Waals surface area (Å²) in [7, 11) is 0. The van der Waals surface area contributed by atoms with E-state index in [4.69, 9.17) is 4.74 Å². The number of para-hydroxylation sites is 1. The van der Waals surface area contributed by atoms with Gasteiger partial charge in [0.05, 0.1) is 17.6 Å². The lowest BCUT2D eigenvalue weighted by molar-refractivity contribution is 0.0527.